The number of aliphatic hydroxyl groups is 1. The molecule has 1 aliphatic carbocycles. The Morgan fingerprint density at radius 3 is 2.27 bits per heavy atom. The number of carbonyl (C=O) groups is 3. The Morgan fingerprint density at radius 1 is 0.946 bits per heavy atom. The SMILES string of the molecule is C/C=C\C1OC1(C)c1cc(=O)c2c(C)cc3c(c2o1)C(=O)c1c(O)c(C2CC(C)C(OC(C)=O)C(C)(N(C)C)O2)cc(C2CC(N(C)C)C(O)C(C)O2)c1C3=O. The Labute approximate surface area is 326 Å². The van der Waals surface area contributed by atoms with E-state index in [-0.39, 0.29) is 69.0 Å². The summed E-state index contributed by atoms with van der Waals surface area (Å²) in [6, 6.07) is 4.22. The number of esters is 1. The van der Waals surface area contributed by atoms with Gasteiger partial charge in [-0.2, -0.15) is 0 Å². The zero-order valence-electron chi connectivity index (χ0n) is 33.9. The van der Waals surface area contributed by atoms with E-state index in [2.05, 4.69) is 0 Å². The van der Waals surface area contributed by atoms with E-state index in [9.17, 15) is 19.8 Å². The number of phenols is 1. The summed E-state index contributed by atoms with van der Waals surface area (Å²) in [5, 5.41) is 23.6. The van der Waals surface area contributed by atoms with Crippen LogP contribution in [0, 0.1) is 12.8 Å². The number of aromatic hydroxyl groups is 1. The number of nitrogens with zero attached hydrogens (tertiary/aromatic N) is 2. The van der Waals surface area contributed by atoms with E-state index in [1.54, 1.807) is 52.8 Å². The summed E-state index contributed by atoms with van der Waals surface area (Å²) >= 11 is 0. The lowest BCUT2D eigenvalue weighted by Gasteiger charge is -2.50. The zero-order chi connectivity index (χ0) is 40.9. The van der Waals surface area contributed by atoms with Gasteiger partial charge in [-0.15, -0.1) is 0 Å². The molecule has 0 saturated carbocycles. The molecule has 13 nitrogen and oxygen atoms in total. The summed E-state index contributed by atoms with van der Waals surface area (Å²) in [5.41, 5.74) is -1.85. The normalized spacial score (nSPS) is 33.0. The molecule has 4 heterocycles. The summed E-state index contributed by atoms with van der Waals surface area (Å²) in [7, 11) is 7.31. The number of hydrogen-bond donors (Lipinski definition) is 2. The van der Waals surface area contributed by atoms with Crippen LogP contribution >= 0.6 is 0 Å². The molecular formula is C43H52N2O11. The Morgan fingerprint density at radius 2 is 1.64 bits per heavy atom. The third-order valence-corrected chi connectivity index (χ3v) is 12.5. The van der Waals surface area contributed by atoms with Crippen LogP contribution in [0.2, 0.25) is 0 Å². The molecule has 2 aromatic carbocycles. The van der Waals surface area contributed by atoms with Gasteiger partial charge in [0.2, 0.25) is 5.78 Å². The first-order chi connectivity index (χ1) is 26.2. The lowest BCUT2D eigenvalue weighted by atomic mass is 9.75. The number of phenolic OH excluding ortho intramolecular Hbond substituents is 1. The average molecular weight is 773 g/mol. The number of allylic oxidation sites excluding steroid dienone is 1. The number of hydrogen-bond acceptors (Lipinski definition) is 13. The minimum atomic E-state index is -1.15. The van der Waals surface area contributed by atoms with Crippen molar-refractivity contribution in [1.29, 1.82) is 0 Å². The third-order valence-electron chi connectivity index (χ3n) is 12.5. The van der Waals surface area contributed by atoms with Crippen LogP contribution in [0.3, 0.4) is 0 Å². The maximum atomic E-state index is 15.2. The molecule has 10 unspecified atom stereocenters. The molecule has 2 N–H and O–H groups in total. The number of rotatable bonds is 7. The molecule has 3 aliphatic heterocycles. The number of carbonyl (C=O) groups excluding carboxylic acids is 3. The average Bonchev–Trinajstić information content (AvgIpc) is 3.78. The van der Waals surface area contributed by atoms with Crippen molar-refractivity contribution < 1.29 is 48.0 Å². The number of epoxide rings is 1. The summed E-state index contributed by atoms with van der Waals surface area (Å²) in [4.78, 5) is 59.9. The summed E-state index contributed by atoms with van der Waals surface area (Å²) in [5.74, 6) is -2.20. The first kappa shape index (κ1) is 40.0. The molecule has 56 heavy (non-hydrogen) atoms. The number of fused-ring (bicyclic) bond motifs is 4. The van der Waals surface area contributed by atoms with Gasteiger partial charge in [0.15, 0.2) is 22.5 Å². The van der Waals surface area contributed by atoms with Gasteiger partial charge in [0.25, 0.3) is 0 Å². The Balaban J connectivity index is 1.47. The van der Waals surface area contributed by atoms with Crippen LogP contribution in [-0.4, -0.2) is 102 Å². The maximum absolute atomic E-state index is 15.2. The molecule has 1 aromatic heterocycles. The fraction of sp³-hybridized carbons (Fsp3) is 0.535. The minimum absolute atomic E-state index is 0.0187. The molecule has 0 radical (unpaired) electrons. The van der Waals surface area contributed by atoms with E-state index in [0.717, 1.165) is 0 Å². The van der Waals surface area contributed by atoms with Crippen molar-refractivity contribution in [2.45, 2.75) is 115 Å². The first-order valence-electron chi connectivity index (χ1n) is 19.2. The Kier molecular flexibility index (Phi) is 9.99. The van der Waals surface area contributed by atoms with Crippen molar-refractivity contribution >= 4 is 28.5 Å². The molecule has 300 valence electrons. The summed E-state index contributed by atoms with van der Waals surface area (Å²) < 4.78 is 31.3. The molecule has 0 bridgehead atoms. The fourth-order valence-corrected chi connectivity index (χ4v) is 9.07. The van der Waals surface area contributed by atoms with Gasteiger partial charge in [0.1, 0.15) is 29.3 Å². The van der Waals surface area contributed by atoms with Gasteiger partial charge in [-0.05, 0) is 98.9 Å². The molecule has 7 rings (SSSR count). The molecule has 0 spiro atoms. The van der Waals surface area contributed by atoms with Crippen molar-refractivity contribution in [2.24, 2.45) is 5.92 Å². The number of ether oxygens (including phenoxy) is 4. The van der Waals surface area contributed by atoms with E-state index < -0.39 is 70.6 Å². The van der Waals surface area contributed by atoms with Gasteiger partial charge in [-0.25, -0.2) is 0 Å². The molecule has 3 saturated heterocycles. The quantitative estimate of drug-likeness (QED) is 0.143. The van der Waals surface area contributed by atoms with E-state index in [4.69, 9.17) is 23.4 Å². The standard InChI is InChI=1S/C43H52N2O11/c1-12-13-30-42(6,56-30)31-18-27(47)32-19(2)14-25-34(40(32)54-31)39(51)35-33(38(25)50)23(28-17-26(44(8)9)36(48)21(4)52-28)16-24(37(35)49)29-15-20(3)41(53-22(5)46)43(7,55-29)45(10)11/h12-14,16,18,20-21,26,28-30,36,41,48-49H,15,17H2,1-11H3/b13-12-. The van der Waals surface area contributed by atoms with E-state index in [1.807, 2.05) is 45.0 Å². The second kappa shape index (κ2) is 14.0. The van der Waals surface area contributed by atoms with Crippen LogP contribution in [0.25, 0.3) is 11.0 Å². The number of aliphatic hydroxyl groups excluding tert-OH is 1. The molecular weight excluding hydrogens is 720 g/mol. The second-order valence-electron chi connectivity index (χ2n) is 16.7. The van der Waals surface area contributed by atoms with Crippen molar-refractivity contribution in [3.05, 3.63) is 85.3 Å². The van der Waals surface area contributed by atoms with E-state index in [1.165, 1.54) is 19.1 Å². The number of ketones is 2. The van der Waals surface area contributed by atoms with E-state index >= 15 is 9.59 Å². The Hall–Kier alpha value is -4.24. The third kappa shape index (κ3) is 6.14. The first-order valence-corrected chi connectivity index (χ1v) is 19.2. The molecule has 3 fully saturated rings. The van der Waals surface area contributed by atoms with Crippen molar-refractivity contribution in [3.63, 3.8) is 0 Å². The fourth-order valence-electron chi connectivity index (χ4n) is 9.07. The monoisotopic (exact) mass is 772 g/mol. The molecule has 10 atom stereocenters. The van der Waals surface area contributed by atoms with Crippen molar-refractivity contribution in [2.75, 3.05) is 28.2 Å². The topological polar surface area (TPSA) is 169 Å². The smallest absolute Gasteiger partial charge is 0.303 e. The highest BCUT2D eigenvalue weighted by Crippen LogP contribution is 2.51. The minimum Gasteiger partial charge on any atom is -0.507 e. The largest absolute Gasteiger partial charge is 0.507 e. The predicted octanol–water partition coefficient (Wildman–Crippen LogP) is 5.22. The summed E-state index contributed by atoms with van der Waals surface area (Å²) in [6.07, 6.45) is 0.160. The van der Waals surface area contributed by atoms with Crippen LogP contribution < -0.4 is 5.43 Å². The van der Waals surface area contributed by atoms with Crippen LogP contribution in [-0.2, 0) is 29.3 Å². The molecule has 13 heteroatoms. The van der Waals surface area contributed by atoms with Crippen LogP contribution in [0.1, 0.15) is 121 Å². The van der Waals surface area contributed by atoms with Gasteiger partial charge in [0.05, 0.1) is 40.9 Å². The number of benzene rings is 2. The van der Waals surface area contributed by atoms with Gasteiger partial charge < -0.3 is 38.5 Å². The van der Waals surface area contributed by atoms with Crippen molar-refractivity contribution in [3.8, 4) is 5.75 Å². The second-order valence-corrected chi connectivity index (χ2v) is 16.7. The highest BCUT2D eigenvalue weighted by Gasteiger charge is 2.55. The number of likely N-dealkylation sites (N-methyl/N-ethyl adjacent to an activating group) is 2. The van der Waals surface area contributed by atoms with E-state index in [0.29, 0.717) is 17.5 Å². The highest BCUT2D eigenvalue weighted by atomic mass is 16.6. The molecule has 3 aromatic rings. The maximum Gasteiger partial charge on any atom is 0.303 e. The van der Waals surface area contributed by atoms with Gasteiger partial charge in [-0.3, -0.25) is 24.1 Å². The van der Waals surface area contributed by atoms with Gasteiger partial charge in [0, 0.05) is 41.6 Å². The zero-order valence-corrected chi connectivity index (χ0v) is 33.9. The lowest BCUT2D eigenvalue weighted by molar-refractivity contribution is -0.266. The summed E-state index contributed by atoms with van der Waals surface area (Å²) in [6.45, 7) is 12.2. The van der Waals surface area contributed by atoms with Crippen LogP contribution in [0.15, 0.2) is 39.6 Å². The Bertz CT molecular complexity index is 2240. The van der Waals surface area contributed by atoms with Crippen LogP contribution in [0.4, 0.5) is 0 Å². The van der Waals surface area contributed by atoms with Gasteiger partial charge >= 0.3 is 5.97 Å². The lowest BCUT2D eigenvalue weighted by Crippen LogP contribution is -2.60. The predicted molar refractivity (Wildman–Crippen MR) is 206 cm³/mol. The highest BCUT2D eigenvalue weighted by molar-refractivity contribution is 6.33. The number of aryl methyl sites for hydroxylation is 1. The van der Waals surface area contributed by atoms with Crippen LogP contribution in [0.5, 0.6) is 5.75 Å². The van der Waals surface area contributed by atoms with Crippen molar-refractivity contribution in [1.82, 2.24) is 9.80 Å². The molecule has 0 amide bonds. The molecule has 4 aliphatic rings. The van der Waals surface area contributed by atoms with Gasteiger partial charge in [-0.1, -0.05) is 19.1 Å².